The van der Waals surface area contributed by atoms with E-state index in [4.69, 9.17) is 10.5 Å². The zero-order valence-corrected chi connectivity index (χ0v) is 11.6. The summed E-state index contributed by atoms with van der Waals surface area (Å²) < 4.78 is 6.33. The Bertz CT molecular complexity index is 447. The van der Waals surface area contributed by atoms with Gasteiger partial charge in [0.2, 0.25) is 11.8 Å². The van der Waals surface area contributed by atoms with Crippen molar-refractivity contribution in [3.8, 4) is 0 Å². The predicted molar refractivity (Wildman–Crippen MR) is 70.4 cm³/mol. The maximum absolute atomic E-state index is 11.7. The third-order valence-corrected chi connectivity index (χ3v) is 2.37. The zero-order valence-electron chi connectivity index (χ0n) is 11.6. The number of nitrogens with zero attached hydrogens (tertiary/aromatic N) is 3. The molecule has 1 aromatic rings. The number of aromatic nitrogens is 3. The zero-order chi connectivity index (χ0) is 15.0. The van der Waals surface area contributed by atoms with Gasteiger partial charge in [0.05, 0.1) is 25.9 Å². The topological polar surface area (TPSA) is 124 Å². The SMILES string of the molecule is COCC(C)NC(=O)Cn1cc(CNC(=O)CN)nn1. The van der Waals surface area contributed by atoms with E-state index in [2.05, 4.69) is 20.9 Å². The molecule has 1 rings (SSSR count). The summed E-state index contributed by atoms with van der Waals surface area (Å²) in [6.07, 6.45) is 1.59. The molecule has 0 saturated heterocycles. The highest BCUT2D eigenvalue weighted by molar-refractivity contribution is 5.77. The van der Waals surface area contributed by atoms with Crippen LogP contribution in [0.5, 0.6) is 0 Å². The van der Waals surface area contributed by atoms with Crippen LogP contribution in [0.3, 0.4) is 0 Å². The van der Waals surface area contributed by atoms with E-state index in [1.165, 1.54) is 4.68 Å². The van der Waals surface area contributed by atoms with Gasteiger partial charge in [-0.15, -0.1) is 5.10 Å². The Balaban J connectivity index is 2.39. The minimum Gasteiger partial charge on any atom is -0.383 e. The van der Waals surface area contributed by atoms with E-state index < -0.39 is 0 Å². The molecular formula is C11H20N6O3. The Labute approximate surface area is 116 Å². The molecule has 9 heteroatoms. The molecule has 0 aliphatic rings. The summed E-state index contributed by atoms with van der Waals surface area (Å²) in [6, 6.07) is -0.0701. The number of carbonyl (C=O) groups excluding carboxylic acids is 2. The Morgan fingerprint density at radius 1 is 1.50 bits per heavy atom. The van der Waals surface area contributed by atoms with E-state index in [1.54, 1.807) is 13.3 Å². The van der Waals surface area contributed by atoms with Crippen LogP contribution in [0.4, 0.5) is 0 Å². The van der Waals surface area contributed by atoms with Crippen LogP contribution in [-0.2, 0) is 27.4 Å². The van der Waals surface area contributed by atoms with Gasteiger partial charge in [-0.25, -0.2) is 4.68 Å². The smallest absolute Gasteiger partial charge is 0.242 e. The number of nitrogens with two attached hydrogens (primary N) is 1. The first-order chi connectivity index (χ1) is 9.55. The summed E-state index contributed by atoms with van der Waals surface area (Å²) >= 11 is 0. The first-order valence-corrected chi connectivity index (χ1v) is 6.19. The minimum atomic E-state index is -0.273. The quantitative estimate of drug-likeness (QED) is 0.507. The van der Waals surface area contributed by atoms with Gasteiger partial charge < -0.3 is 21.1 Å². The van der Waals surface area contributed by atoms with Gasteiger partial charge in [-0.1, -0.05) is 5.21 Å². The fraction of sp³-hybridized carbons (Fsp3) is 0.636. The number of hydrogen-bond donors (Lipinski definition) is 3. The Kier molecular flexibility index (Phi) is 6.60. The first kappa shape index (κ1) is 16.1. The standard InChI is InChI=1S/C11H20N6O3/c1-8(7-20-2)14-11(19)6-17-5-9(15-16-17)4-13-10(18)3-12/h5,8H,3-4,6-7,12H2,1-2H3,(H,13,18)(H,14,19). The number of hydrogen-bond acceptors (Lipinski definition) is 6. The highest BCUT2D eigenvalue weighted by Crippen LogP contribution is 1.93. The van der Waals surface area contributed by atoms with Gasteiger partial charge >= 0.3 is 0 Å². The number of ether oxygens (including phenoxy) is 1. The van der Waals surface area contributed by atoms with E-state index in [0.717, 1.165) is 0 Å². The predicted octanol–water partition coefficient (Wildman–Crippen LogP) is -2.00. The molecule has 1 aromatic heterocycles. The molecule has 9 nitrogen and oxygen atoms in total. The Hall–Kier alpha value is -2.00. The maximum Gasteiger partial charge on any atom is 0.242 e. The van der Waals surface area contributed by atoms with E-state index in [-0.39, 0.29) is 37.5 Å². The van der Waals surface area contributed by atoms with Crippen LogP contribution in [0.2, 0.25) is 0 Å². The number of amides is 2. The third-order valence-electron chi connectivity index (χ3n) is 2.37. The fourth-order valence-electron chi connectivity index (χ4n) is 1.52. The van der Waals surface area contributed by atoms with Gasteiger partial charge in [0.25, 0.3) is 0 Å². The second-order valence-electron chi connectivity index (χ2n) is 4.31. The van der Waals surface area contributed by atoms with Gasteiger partial charge in [-0.2, -0.15) is 0 Å². The summed E-state index contributed by atoms with van der Waals surface area (Å²) in [6.45, 7) is 2.51. The van der Waals surface area contributed by atoms with Gasteiger partial charge in [0.15, 0.2) is 0 Å². The van der Waals surface area contributed by atoms with Crippen molar-refractivity contribution in [1.82, 2.24) is 25.6 Å². The average molecular weight is 284 g/mol. The number of carbonyl (C=O) groups is 2. The lowest BCUT2D eigenvalue weighted by molar-refractivity contribution is -0.123. The van der Waals surface area contributed by atoms with Crippen LogP contribution in [0.25, 0.3) is 0 Å². The molecule has 4 N–H and O–H groups in total. The Morgan fingerprint density at radius 2 is 2.25 bits per heavy atom. The lowest BCUT2D eigenvalue weighted by Crippen LogP contribution is -2.37. The Morgan fingerprint density at radius 3 is 2.90 bits per heavy atom. The van der Waals surface area contributed by atoms with Gasteiger partial charge in [0, 0.05) is 13.2 Å². The van der Waals surface area contributed by atoms with Gasteiger partial charge in [0.1, 0.15) is 12.2 Å². The highest BCUT2D eigenvalue weighted by atomic mass is 16.5. The fourth-order valence-corrected chi connectivity index (χ4v) is 1.52. The van der Waals surface area contributed by atoms with Crippen LogP contribution in [0, 0.1) is 0 Å². The summed E-state index contributed by atoms with van der Waals surface area (Å²) in [5, 5.41) is 13.0. The van der Waals surface area contributed by atoms with Crippen molar-refractivity contribution < 1.29 is 14.3 Å². The second kappa shape index (κ2) is 8.23. The molecule has 0 aliphatic carbocycles. The monoisotopic (exact) mass is 284 g/mol. The molecule has 112 valence electrons. The van der Waals surface area contributed by atoms with Crippen molar-refractivity contribution in [3.63, 3.8) is 0 Å². The molecule has 0 bridgehead atoms. The highest BCUT2D eigenvalue weighted by Gasteiger charge is 2.09. The summed E-state index contributed by atoms with van der Waals surface area (Å²) in [5.74, 6) is -0.456. The molecule has 20 heavy (non-hydrogen) atoms. The summed E-state index contributed by atoms with van der Waals surface area (Å²) in [7, 11) is 1.57. The molecule has 0 aromatic carbocycles. The molecule has 1 unspecified atom stereocenters. The maximum atomic E-state index is 11.7. The number of methoxy groups -OCH3 is 1. The first-order valence-electron chi connectivity index (χ1n) is 6.19. The van der Waals surface area contributed by atoms with Crippen molar-refractivity contribution in [2.24, 2.45) is 5.73 Å². The van der Waals surface area contributed by atoms with E-state index in [0.29, 0.717) is 12.3 Å². The minimum absolute atomic E-state index is 0.0614. The van der Waals surface area contributed by atoms with Crippen LogP contribution in [0.1, 0.15) is 12.6 Å². The van der Waals surface area contributed by atoms with Gasteiger partial charge in [-0.05, 0) is 6.92 Å². The van der Waals surface area contributed by atoms with Crippen molar-refractivity contribution in [2.45, 2.75) is 26.1 Å². The van der Waals surface area contributed by atoms with Crippen molar-refractivity contribution >= 4 is 11.8 Å². The van der Waals surface area contributed by atoms with Gasteiger partial charge in [-0.3, -0.25) is 9.59 Å². The molecule has 2 amide bonds. The average Bonchev–Trinajstić information content (AvgIpc) is 2.83. The van der Waals surface area contributed by atoms with Crippen LogP contribution >= 0.6 is 0 Å². The van der Waals surface area contributed by atoms with E-state index in [1.807, 2.05) is 6.92 Å². The molecule has 0 spiro atoms. The molecular weight excluding hydrogens is 264 g/mol. The lowest BCUT2D eigenvalue weighted by Gasteiger charge is -2.12. The largest absolute Gasteiger partial charge is 0.383 e. The van der Waals surface area contributed by atoms with E-state index >= 15 is 0 Å². The molecule has 1 heterocycles. The normalized spacial score (nSPS) is 11.9. The lowest BCUT2D eigenvalue weighted by atomic mass is 10.3. The molecule has 1 atom stereocenters. The van der Waals surface area contributed by atoms with Crippen molar-refractivity contribution in [2.75, 3.05) is 20.3 Å². The van der Waals surface area contributed by atoms with E-state index in [9.17, 15) is 9.59 Å². The molecule has 0 radical (unpaired) electrons. The summed E-state index contributed by atoms with van der Waals surface area (Å²) in [4.78, 5) is 22.7. The molecule has 0 aliphatic heterocycles. The van der Waals surface area contributed by atoms with Crippen LogP contribution in [-0.4, -0.2) is 53.1 Å². The molecule has 0 saturated carbocycles. The molecule has 0 fully saturated rings. The van der Waals surface area contributed by atoms with Crippen molar-refractivity contribution in [1.29, 1.82) is 0 Å². The second-order valence-corrected chi connectivity index (χ2v) is 4.31. The van der Waals surface area contributed by atoms with Crippen LogP contribution in [0.15, 0.2) is 6.20 Å². The van der Waals surface area contributed by atoms with Crippen LogP contribution < -0.4 is 16.4 Å². The summed E-state index contributed by atoms with van der Waals surface area (Å²) in [5.41, 5.74) is 5.72. The third kappa shape index (κ3) is 5.76. The number of rotatable bonds is 8. The van der Waals surface area contributed by atoms with Crippen molar-refractivity contribution in [3.05, 3.63) is 11.9 Å². The number of nitrogens with one attached hydrogen (secondary N) is 2.